The molecule has 50 heavy (non-hydrogen) atoms. The topological polar surface area (TPSA) is 131 Å². The van der Waals surface area contributed by atoms with Gasteiger partial charge in [-0.05, 0) is 51.8 Å². The van der Waals surface area contributed by atoms with Gasteiger partial charge in [0.15, 0.2) is 5.82 Å². The van der Waals surface area contributed by atoms with Crippen molar-refractivity contribution in [3.63, 3.8) is 0 Å². The van der Waals surface area contributed by atoms with Crippen LogP contribution in [0, 0.1) is 5.82 Å². The number of rotatable bonds is 4. The molecular formula is C33H33ClF5N9O2. The van der Waals surface area contributed by atoms with Crippen LogP contribution in [0.4, 0.5) is 33.6 Å². The molecule has 2 fully saturated rings. The van der Waals surface area contributed by atoms with Gasteiger partial charge in [0.1, 0.15) is 41.0 Å². The number of nitrogens with zero attached hydrogens (tertiary/aromatic N) is 7. The van der Waals surface area contributed by atoms with Crippen molar-refractivity contribution in [3.8, 4) is 23.1 Å². The molecule has 2 saturated heterocycles. The summed E-state index contributed by atoms with van der Waals surface area (Å²) < 4.78 is 83.4. The minimum absolute atomic E-state index is 0.0269. The smallest absolute Gasteiger partial charge is 0.418 e. The molecule has 0 aliphatic carbocycles. The molecular weight excluding hydrogens is 685 g/mol. The van der Waals surface area contributed by atoms with Gasteiger partial charge in [-0.2, -0.15) is 28.2 Å². The van der Waals surface area contributed by atoms with Crippen LogP contribution in [-0.2, 0) is 6.18 Å². The highest BCUT2D eigenvalue weighted by Crippen LogP contribution is 2.48. The van der Waals surface area contributed by atoms with Crippen LogP contribution in [0.5, 0.6) is 11.9 Å². The van der Waals surface area contributed by atoms with Gasteiger partial charge in [0.2, 0.25) is 5.88 Å². The lowest BCUT2D eigenvalue weighted by atomic mass is 9.98. The number of aromatic nitrogens is 6. The molecule has 3 aliphatic rings. The van der Waals surface area contributed by atoms with E-state index in [0.717, 1.165) is 25.2 Å². The molecule has 1 aromatic carbocycles. The van der Waals surface area contributed by atoms with Crippen LogP contribution in [-0.4, -0.2) is 80.1 Å². The third-order valence-corrected chi connectivity index (χ3v) is 9.79. The predicted molar refractivity (Wildman–Crippen MR) is 178 cm³/mol. The average molecular weight is 718 g/mol. The summed E-state index contributed by atoms with van der Waals surface area (Å²) in [7, 11) is 1.30. The minimum Gasteiger partial charge on any atom is -0.475 e. The fourth-order valence-electron chi connectivity index (χ4n) is 7.25. The van der Waals surface area contributed by atoms with Crippen LogP contribution in [0.25, 0.3) is 33.1 Å². The molecule has 0 spiro atoms. The second kappa shape index (κ2) is 13.0. The van der Waals surface area contributed by atoms with Gasteiger partial charge in [0.05, 0.1) is 41.5 Å². The number of alkyl halides is 4. The van der Waals surface area contributed by atoms with Gasteiger partial charge < -0.3 is 20.1 Å². The molecule has 0 radical (unpaired) electrons. The van der Waals surface area contributed by atoms with E-state index < -0.39 is 46.1 Å². The summed E-state index contributed by atoms with van der Waals surface area (Å²) in [5.41, 5.74) is 4.12. The van der Waals surface area contributed by atoms with Gasteiger partial charge in [-0.15, -0.1) is 0 Å². The summed E-state index contributed by atoms with van der Waals surface area (Å²) in [6.45, 7) is 5.60. The number of nitrogen functional groups attached to an aromatic ring is 1. The number of ether oxygens (including phenoxy) is 2. The van der Waals surface area contributed by atoms with E-state index in [2.05, 4.69) is 35.0 Å². The van der Waals surface area contributed by atoms with E-state index in [-0.39, 0.29) is 52.2 Å². The zero-order chi connectivity index (χ0) is 35.5. The maximum Gasteiger partial charge on any atom is 0.418 e. The number of benzene rings is 1. The standard InChI is InChI=1S/C26H21ClF4N8O2.C7H12FN/c1-10-9-41-24-17-21(36-25(40-3)37-23(17)39(10)11(2)12-5-4-6-33-22(12)32)19(28)20(35-24)16-13-8-34-38-15(13)7-14(27)18(16)26(29,30)31;8-6-4-7-2-1-3-9(7)5-6/h4-8,10-11H,9H2,1-3H3,(H2,32,33)(H,34,38);6-7H,1-5H2/t10-,11?;/m0./s1. The van der Waals surface area contributed by atoms with Gasteiger partial charge in [0, 0.05) is 35.3 Å². The molecule has 4 atom stereocenters. The average Bonchev–Trinajstić information content (AvgIpc) is 3.78. The Bertz CT molecular complexity index is 2070. The summed E-state index contributed by atoms with van der Waals surface area (Å²) in [6, 6.07) is 4.20. The van der Waals surface area contributed by atoms with Gasteiger partial charge in [-0.3, -0.25) is 10.00 Å². The Balaban J connectivity index is 0.000000375. The van der Waals surface area contributed by atoms with E-state index in [1.54, 1.807) is 18.3 Å². The number of fused-ring (bicyclic) bond motifs is 2. The van der Waals surface area contributed by atoms with E-state index >= 15 is 4.39 Å². The van der Waals surface area contributed by atoms with E-state index in [9.17, 15) is 17.6 Å². The highest BCUT2D eigenvalue weighted by molar-refractivity contribution is 6.33. The molecule has 17 heteroatoms. The van der Waals surface area contributed by atoms with Crippen LogP contribution < -0.4 is 20.1 Å². The second-order valence-corrected chi connectivity index (χ2v) is 13.0. The van der Waals surface area contributed by atoms with E-state index in [0.29, 0.717) is 24.0 Å². The number of nitrogens with one attached hydrogen (secondary N) is 1. The number of aromatic amines is 1. The van der Waals surface area contributed by atoms with Gasteiger partial charge in [-0.1, -0.05) is 17.7 Å². The molecule has 8 rings (SSSR count). The first-order valence-corrected chi connectivity index (χ1v) is 16.4. The van der Waals surface area contributed by atoms with Crippen LogP contribution in [0.2, 0.25) is 5.02 Å². The fourth-order valence-corrected chi connectivity index (χ4v) is 7.56. The predicted octanol–water partition coefficient (Wildman–Crippen LogP) is 6.91. The van der Waals surface area contributed by atoms with Crippen LogP contribution in [0.1, 0.15) is 50.3 Å². The molecule has 11 nitrogen and oxygen atoms in total. The van der Waals surface area contributed by atoms with Crippen molar-refractivity contribution in [1.82, 2.24) is 35.0 Å². The second-order valence-electron chi connectivity index (χ2n) is 12.6. The van der Waals surface area contributed by atoms with Crippen LogP contribution >= 0.6 is 11.6 Å². The highest BCUT2D eigenvalue weighted by atomic mass is 35.5. The third kappa shape index (κ3) is 5.87. The molecule has 0 bridgehead atoms. The molecule has 3 aliphatic heterocycles. The Morgan fingerprint density at radius 1 is 1.22 bits per heavy atom. The molecule has 5 aromatic rings. The molecule has 3 N–H and O–H groups in total. The zero-order valence-electron chi connectivity index (χ0n) is 27.2. The largest absolute Gasteiger partial charge is 0.475 e. The van der Waals surface area contributed by atoms with Crippen molar-refractivity contribution < 1.29 is 31.4 Å². The number of nitrogens with two attached hydrogens (primary N) is 1. The molecule has 0 amide bonds. The summed E-state index contributed by atoms with van der Waals surface area (Å²) in [5.74, 6) is -0.803. The highest BCUT2D eigenvalue weighted by Gasteiger charge is 2.41. The first-order valence-electron chi connectivity index (χ1n) is 16.0. The quantitative estimate of drug-likeness (QED) is 0.189. The zero-order valence-corrected chi connectivity index (χ0v) is 28.0. The Morgan fingerprint density at radius 2 is 2.02 bits per heavy atom. The van der Waals surface area contributed by atoms with Crippen molar-refractivity contribution in [2.45, 2.75) is 63.6 Å². The molecule has 3 unspecified atom stereocenters. The van der Waals surface area contributed by atoms with Crippen molar-refractivity contribution in [2.75, 3.05) is 37.4 Å². The summed E-state index contributed by atoms with van der Waals surface area (Å²) >= 11 is 6.08. The number of pyridine rings is 2. The maximum atomic E-state index is 16.5. The first-order chi connectivity index (χ1) is 23.9. The number of anilines is 2. The lowest BCUT2D eigenvalue weighted by Gasteiger charge is -2.34. The fraction of sp³-hybridized carbons (Fsp3) is 0.424. The van der Waals surface area contributed by atoms with Crippen molar-refractivity contribution in [3.05, 3.63) is 52.6 Å². The third-order valence-electron chi connectivity index (χ3n) is 9.49. The summed E-state index contributed by atoms with van der Waals surface area (Å²) in [6.07, 6.45) is 0.572. The first kappa shape index (κ1) is 33.9. The van der Waals surface area contributed by atoms with Crippen LogP contribution in [0.15, 0.2) is 30.6 Å². The Morgan fingerprint density at radius 3 is 2.74 bits per heavy atom. The van der Waals surface area contributed by atoms with Crippen LogP contribution in [0.3, 0.4) is 0 Å². The lowest BCUT2D eigenvalue weighted by molar-refractivity contribution is -0.136. The van der Waals surface area contributed by atoms with Gasteiger partial charge >= 0.3 is 12.2 Å². The minimum atomic E-state index is -4.95. The summed E-state index contributed by atoms with van der Waals surface area (Å²) in [4.78, 5) is 21.3. The van der Waals surface area contributed by atoms with Crippen molar-refractivity contribution in [2.24, 2.45) is 0 Å². The number of methoxy groups -OCH3 is 1. The molecule has 7 heterocycles. The molecule has 0 saturated carbocycles. The van der Waals surface area contributed by atoms with E-state index in [1.165, 1.54) is 20.0 Å². The number of hydrogen-bond donors (Lipinski definition) is 2. The van der Waals surface area contributed by atoms with Gasteiger partial charge in [0.25, 0.3) is 0 Å². The number of hydrogen-bond acceptors (Lipinski definition) is 10. The Labute approximate surface area is 287 Å². The Hall–Kier alpha value is -4.57. The monoisotopic (exact) mass is 717 g/mol. The maximum absolute atomic E-state index is 16.5. The summed E-state index contributed by atoms with van der Waals surface area (Å²) in [5, 5.41) is 5.78. The normalized spacial score (nSPS) is 21.1. The van der Waals surface area contributed by atoms with E-state index in [1.807, 2.05) is 18.7 Å². The van der Waals surface area contributed by atoms with Crippen molar-refractivity contribution >= 4 is 45.0 Å². The van der Waals surface area contributed by atoms with Gasteiger partial charge in [-0.25, -0.2) is 18.7 Å². The SMILES string of the molecule is COc1nc2c3c(nc(-c4c(C(F)(F)F)c(Cl)cc5[nH]ncc45)c(F)c3n1)OC[C@H](C)N2C(C)c1cccnc1N.FC1CC2CCCN2C1. The lowest BCUT2D eigenvalue weighted by Crippen LogP contribution is -2.39. The molecule has 4 aromatic heterocycles. The van der Waals surface area contributed by atoms with E-state index in [4.69, 9.17) is 26.8 Å². The Kier molecular flexibility index (Phi) is 8.78. The number of halogens is 6. The molecule has 264 valence electrons. The van der Waals surface area contributed by atoms with Crippen molar-refractivity contribution in [1.29, 1.82) is 0 Å². The number of H-pyrrole nitrogens is 1.